The number of rotatable bonds is 0. The first-order valence-corrected chi connectivity index (χ1v) is 7.55. The maximum Gasteiger partial charge on any atom is 0.0318 e. The van der Waals surface area contributed by atoms with Crippen molar-refractivity contribution in [3.63, 3.8) is 0 Å². The summed E-state index contributed by atoms with van der Waals surface area (Å²) in [6, 6.07) is 0. The highest BCUT2D eigenvalue weighted by Crippen LogP contribution is 2.65. The minimum atomic E-state index is 1.05. The van der Waals surface area contributed by atoms with Crippen LogP contribution in [0, 0.1) is 11.8 Å². The monoisotopic (exact) mass is 190 g/mol. The molecule has 1 saturated heterocycles. The fourth-order valence-corrected chi connectivity index (χ4v) is 9.40. The minimum Gasteiger partial charge on any atom is -0.0776 e. The predicted octanol–water partition coefficient (Wildman–Crippen LogP) is 3.20. The average molecular weight is 190 g/mol. The zero-order chi connectivity index (χ0) is 6.55. The number of hydrogen-bond donors (Lipinski definition) is 0. The van der Waals surface area contributed by atoms with Gasteiger partial charge in [-0.2, -0.15) is 0 Å². The van der Waals surface area contributed by atoms with E-state index < -0.39 is 0 Å². The Morgan fingerprint density at radius 1 is 0.900 bits per heavy atom. The van der Waals surface area contributed by atoms with Gasteiger partial charge in [0, 0.05) is 10.5 Å². The van der Waals surface area contributed by atoms with E-state index in [2.05, 4.69) is 21.6 Å². The van der Waals surface area contributed by atoms with Crippen LogP contribution >= 0.6 is 31.4 Å². The molecule has 2 aliphatic carbocycles. The summed E-state index contributed by atoms with van der Waals surface area (Å²) < 4.78 is 0. The largest absolute Gasteiger partial charge is 0.0776 e. The van der Waals surface area contributed by atoms with Gasteiger partial charge in [-0.15, -0.1) is 0 Å². The minimum absolute atomic E-state index is 1.05. The van der Waals surface area contributed by atoms with E-state index >= 15 is 0 Å². The summed E-state index contributed by atoms with van der Waals surface area (Å²) >= 11 is 0. The normalized spacial score (nSPS) is 57.6. The van der Waals surface area contributed by atoms with E-state index in [0.29, 0.717) is 0 Å². The summed E-state index contributed by atoms with van der Waals surface area (Å²) in [5.74, 6) is 2.23. The van der Waals surface area contributed by atoms with Crippen molar-refractivity contribution in [2.45, 2.75) is 29.8 Å². The molecule has 2 saturated carbocycles. The zero-order valence-corrected chi connectivity index (χ0v) is 8.10. The first-order valence-electron chi connectivity index (χ1n) is 3.94. The molecule has 10 heavy (non-hydrogen) atoms. The van der Waals surface area contributed by atoms with E-state index in [-0.39, 0.29) is 0 Å². The van der Waals surface area contributed by atoms with Crippen LogP contribution in [0.5, 0.6) is 0 Å². The van der Waals surface area contributed by atoms with Crippen LogP contribution in [0.2, 0.25) is 0 Å². The second kappa shape index (κ2) is 2.27. The first kappa shape index (κ1) is 6.55. The van der Waals surface area contributed by atoms with Crippen molar-refractivity contribution in [1.29, 1.82) is 0 Å². The van der Waals surface area contributed by atoms with Crippen molar-refractivity contribution in [3.05, 3.63) is 0 Å². The molecular formula is C7H10S3. The summed E-state index contributed by atoms with van der Waals surface area (Å²) in [5, 5.41) is 2.10. The maximum absolute atomic E-state index is 2.16. The molecule has 4 unspecified atom stereocenters. The van der Waals surface area contributed by atoms with Crippen LogP contribution in [0.3, 0.4) is 0 Å². The molecule has 0 spiro atoms. The van der Waals surface area contributed by atoms with E-state index in [1.165, 1.54) is 0 Å². The second-order valence-corrected chi connectivity index (χ2v) is 7.92. The molecule has 3 fully saturated rings. The van der Waals surface area contributed by atoms with Gasteiger partial charge in [0.15, 0.2) is 0 Å². The Bertz CT molecular complexity index is 143. The predicted molar refractivity (Wildman–Crippen MR) is 51.2 cm³/mol. The highest BCUT2D eigenvalue weighted by Gasteiger charge is 2.51. The lowest BCUT2D eigenvalue weighted by atomic mass is 10.00. The summed E-state index contributed by atoms with van der Waals surface area (Å²) in [5.41, 5.74) is 0. The molecule has 0 amide bonds. The molecule has 0 N–H and O–H groups in total. The molecule has 3 heteroatoms. The van der Waals surface area contributed by atoms with Crippen LogP contribution < -0.4 is 0 Å². The van der Waals surface area contributed by atoms with Gasteiger partial charge in [-0.1, -0.05) is 21.6 Å². The quantitative estimate of drug-likeness (QED) is 0.538. The molecule has 0 aromatic heterocycles. The first-order chi connectivity index (χ1) is 4.95. The van der Waals surface area contributed by atoms with Crippen LogP contribution in [0.1, 0.15) is 19.3 Å². The van der Waals surface area contributed by atoms with Crippen molar-refractivity contribution in [3.8, 4) is 0 Å². The van der Waals surface area contributed by atoms with Gasteiger partial charge in [-0.05, 0) is 40.9 Å². The zero-order valence-electron chi connectivity index (χ0n) is 5.66. The van der Waals surface area contributed by atoms with Crippen molar-refractivity contribution < 1.29 is 0 Å². The van der Waals surface area contributed by atoms with Gasteiger partial charge >= 0.3 is 0 Å². The van der Waals surface area contributed by atoms with Crippen LogP contribution in [-0.4, -0.2) is 10.5 Å². The van der Waals surface area contributed by atoms with Gasteiger partial charge in [0.05, 0.1) is 0 Å². The molecule has 1 heterocycles. The molecule has 0 aromatic rings. The van der Waals surface area contributed by atoms with Crippen molar-refractivity contribution in [2.24, 2.45) is 11.8 Å². The summed E-state index contributed by atoms with van der Waals surface area (Å²) in [7, 11) is 6.36. The van der Waals surface area contributed by atoms with Gasteiger partial charge in [0.25, 0.3) is 0 Å². The average Bonchev–Trinajstić information content (AvgIpc) is 2.60. The van der Waals surface area contributed by atoms with E-state index in [0.717, 1.165) is 22.3 Å². The molecule has 3 rings (SSSR count). The Kier molecular flexibility index (Phi) is 1.49. The Labute approximate surface area is 73.1 Å². The molecule has 0 radical (unpaired) electrons. The van der Waals surface area contributed by atoms with Gasteiger partial charge in [0.2, 0.25) is 0 Å². The molecule has 3 aliphatic rings. The Balaban J connectivity index is 1.92. The van der Waals surface area contributed by atoms with Gasteiger partial charge < -0.3 is 0 Å². The lowest BCUT2D eigenvalue weighted by Crippen LogP contribution is -2.22. The fourth-order valence-electron chi connectivity index (χ4n) is 2.57. The molecule has 2 bridgehead atoms. The standard InChI is InChI=1S/C7H10S3/c1-2-5-3-4(1)6-7(5)9-10-8-6/h4-7H,1-3H2. The summed E-state index contributed by atoms with van der Waals surface area (Å²) in [6.07, 6.45) is 4.65. The van der Waals surface area contributed by atoms with E-state index in [9.17, 15) is 0 Å². The topological polar surface area (TPSA) is 0 Å². The number of fused-ring (bicyclic) bond motifs is 5. The lowest BCUT2D eigenvalue weighted by Gasteiger charge is -2.20. The Morgan fingerprint density at radius 3 is 2.10 bits per heavy atom. The van der Waals surface area contributed by atoms with Crippen LogP contribution in [0.4, 0.5) is 0 Å². The lowest BCUT2D eigenvalue weighted by molar-refractivity contribution is 0.508. The van der Waals surface area contributed by atoms with Crippen LogP contribution in [0.25, 0.3) is 0 Å². The molecule has 0 aromatic carbocycles. The fraction of sp³-hybridized carbons (Fsp3) is 1.00. The van der Waals surface area contributed by atoms with Gasteiger partial charge in [-0.3, -0.25) is 0 Å². The molecule has 0 nitrogen and oxygen atoms in total. The summed E-state index contributed by atoms with van der Waals surface area (Å²) in [4.78, 5) is 0. The highest BCUT2D eigenvalue weighted by atomic mass is 33.5. The van der Waals surface area contributed by atoms with E-state index in [4.69, 9.17) is 0 Å². The van der Waals surface area contributed by atoms with Crippen molar-refractivity contribution in [2.75, 3.05) is 0 Å². The summed E-state index contributed by atoms with van der Waals surface area (Å²) in [6.45, 7) is 0. The third-order valence-corrected chi connectivity index (χ3v) is 8.42. The third-order valence-electron chi connectivity index (χ3n) is 3.07. The van der Waals surface area contributed by atoms with Crippen LogP contribution in [0.15, 0.2) is 0 Å². The van der Waals surface area contributed by atoms with E-state index in [1.807, 2.05) is 9.83 Å². The SMILES string of the molecule is C1CC2CC1C1SSSC21. The maximum atomic E-state index is 2.16. The van der Waals surface area contributed by atoms with Crippen molar-refractivity contribution >= 4 is 31.4 Å². The molecule has 56 valence electrons. The van der Waals surface area contributed by atoms with E-state index in [1.54, 1.807) is 19.3 Å². The Hall–Kier alpha value is 1.05. The third kappa shape index (κ3) is 0.745. The Morgan fingerprint density at radius 2 is 1.50 bits per heavy atom. The molecule has 4 atom stereocenters. The second-order valence-electron chi connectivity index (χ2n) is 3.52. The number of hydrogen-bond acceptors (Lipinski definition) is 3. The van der Waals surface area contributed by atoms with Crippen molar-refractivity contribution in [1.82, 2.24) is 0 Å². The van der Waals surface area contributed by atoms with Gasteiger partial charge in [0.1, 0.15) is 0 Å². The van der Waals surface area contributed by atoms with Gasteiger partial charge in [-0.25, -0.2) is 0 Å². The highest BCUT2D eigenvalue weighted by molar-refractivity contribution is 9.11. The molecular weight excluding hydrogens is 180 g/mol. The van der Waals surface area contributed by atoms with Crippen LogP contribution in [-0.2, 0) is 0 Å². The molecule has 1 aliphatic heterocycles. The smallest absolute Gasteiger partial charge is 0.0318 e.